The summed E-state index contributed by atoms with van der Waals surface area (Å²) in [4.78, 5) is 17.2. The predicted molar refractivity (Wildman–Crippen MR) is 114 cm³/mol. The zero-order valence-corrected chi connectivity index (χ0v) is 17.1. The molecule has 1 atom stereocenters. The third kappa shape index (κ3) is 4.94. The number of anilines is 1. The quantitative estimate of drug-likeness (QED) is 0.817. The first-order valence-electron chi connectivity index (χ1n) is 9.71. The molecule has 2 aromatic carbocycles. The molecular weight excluding hydrogens is 348 g/mol. The van der Waals surface area contributed by atoms with Crippen molar-refractivity contribution in [2.45, 2.75) is 39.3 Å². The molecule has 28 heavy (non-hydrogen) atoms. The highest BCUT2D eigenvalue weighted by molar-refractivity contribution is 5.94. The van der Waals surface area contributed by atoms with Crippen LogP contribution in [0.1, 0.15) is 42.3 Å². The molecule has 1 heterocycles. The van der Waals surface area contributed by atoms with Crippen molar-refractivity contribution in [3.05, 3.63) is 65.2 Å². The summed E-state index contributed by atoms with van der Waals surface area (Å²) in [5.41, 5.74) is 2.89. The van der Waals surface area contributed by atoms with Crippen molar-refractivity contribution in [1.29, 1.82) is 0 Å². The average Bonchev–Trinajstić information content (AvgIpc) is 2.66. The summed E-state index contributed by atoms with van der Waals surface area (Å²) in [6, 6.07) is 16.0. The molecule has 3 rings (SSSR count). The number of aliphatic hydroxyl groups is 1. The summed E-state index contributed by atoms with van der Waals surface area (Å²) in [6.07, 6.45) is 0. The number of carbonyl (C=O) groups is 1. The zero-order chi connectivity index (χ0) is 20.3. The van der Waals surface area contributed by atoms with Gasteiger partial charge in [0.15, 0.2) is 0 Å². The Bertz CT molecular complexity index is 883. The largest absolute Gasteiger partial charge is 0.378 e. The predicted octanol–water partition coefficient (Wildman–Crippen LogP) is 3.47. The first-order chi connectivity index (χ1) is 13.2. The summed E-state index contributed by atoms with van der Waals surface area (Å²) in [5, 5.41) is 9.70. The minimum absolute atomic E-state index is 0.0538. The van der Waals surface area contributed by atoms with E-state index < -0.39 is 5.60 Å². The van der Waals surface area contributed by atoms with Crippen LogP contribution in [0.5, 0.6) is 0 Å². The Hall–Kier alpha value is -2.77. The highest BCUT2D eigenvalue weighted by Gasteiger charge is 2.28. The molecule has 0 spiro atoms. The van der Waals surface area contributed by atoms with E-state index in [1.54, 1.807) is 13.8 Å². The van der Waals surface area contributed by atoms with Gasteiger partial charge in [-0.1, -0.05) is 29.5 Å². The number of hydrogen-bond donors (Lipinski definition) is 1. The average molecular weight is 377 g/mol. The Morgan fingerprint density at radius 1 is 1.07 bits per heavy atom. The standard InChI is InChI=1S/C24H28N2O2/c1-18-5-11-22(12-6-18)25-15-16-26(19(2)17-25)23(27)21-9-7-20(8-10-21)13-14-24(3,4)28/h5-12,19,28H,15-17H2,1-4H3. The van der Waals surface area contributed by atoms with Crippen LogP contribution in [0.25, 0.3) is 0 Å². The maximum atomic E-state index is 13.0. The summed E-state index contributed by atoms with van der Waals surface area (Å²) in [6.45, 7) is 9.84. The van der Waals surface area contributed by atoms with E-state index >= 15 is 0 Å². The van der Waals surface area contributed by atoms with Gasteiger partial charge in [-0.3, -0.25) is 4.79 Å². The first-order valence-corrected chi connectivity index (χ1v) is 9.71. The van der Waals surface area contributed by atoms with E-state index in [2.05, 4.69) is 54.9 Å². The van der Waals surface area contributed by atoms with E-state index in [1.807, 2.05) is 29.2 Å². The lowest BCUT2D eigenvalue weighted by atomic mass is 10.1. The van der Waals surface area contributed by atoms with Crippen molar-refractivity contribution in [3.63, 3.8) is 0 Å². The van der Waals surface area contributed by atoms with Crippen LogP contribution in [0.3, 0.4) is 0 Å². The van der Waals surface area contributed by atoms with E-state index in [0.29, 0.717) is 12.1 Å². The van der Waals surface area contributed by atoms with Crippen molar-refractivity contribution in [3.8, 4) is 11.8 Å². The molecule has 0 radical (unpaired) electrons. The molecule has 0 aromatic heterocycles. The molecule has 1 fully saturated rings. The Kier molecular flexibility index (Phi) is 5.76. The number of benzene rings is 2. The van der Waals surface area contributed by atoms with Gasteiger partial charge in [0, 0.05) is 42.5 Å². The van der Waals surface area contributed by atoms with Gasteiger partial charge in [0.25, 0.3) is 5.91 Å². The summed E-state index contributed by atoms with van der Waals surface area (Å²) >= 11 is 0. The molecule has 1 unspecified atom stereocenters. The fourth-order valence-corrected chi connectivity index (χ4v) is 3.34. The van der Waals surface area contributed by atoms with Crippen LogP contribution in [0.2, 0.25) is 0 Å². The van der Waals surface area contributed by atoms with Crippen molar-refractivity contribution in [2.24, 2.45) is 0 Å². The van der Waals surface area contributed by atoms with Crippen LogP contribution in [0.4, 0.5) is 5.69 Å². The van der Waals surface area contributed by atoms with Gasteiger partial charge in [-0.25, -0.2) is 0 Å². The maximum absolute atomic E-state index is 13.0. The van der Waals surface area contributed by atoms with Gasteiger partial charge in [0.1, 0.15) is 5.60 Å². The first kappa shape index (κ1) is 20.0. The molecule has 0 aliphatic carbocycles. The molecule has 0 bridgehead atoms. The second kappa shape index (κ2) is 8.08. The SMILES string of the molecule is Cc1ccc(N2CCN(C(=O)c3ccc(C#CC(C)(C)O)cc3)C(C)C2)cc1. The van der Waals surface area contributed by atoms with Crippen LogP contribution in [0, 0.1) is 18.8 Å². The Morgan fingerprint density at radius 2 is 1.71 bits per heavy atom. The highest BCUT2D eigenvalue weighted by atomic mass is 16.3. The molecule has 0 saturated carbocycles. The number of hydrogen-bond acceptors (Lipinski definition) is 3. The van der Waals surface area contributed by atoms with Crippen molar-refractivity contribution in [2.75, 3.05) is 24.5 Å². The van der Waals surface area contributed by atoms with Crippen LogP contribution in [-0.2, 0) is 0 Å². The van der Waals surface area contributed by atoms with E-state index in [1.165, 1.54) is 11.3 Å². The number of aryl methyl sites for hydroxylation is 1. The van der Waals surface area contributed by atoms with Gasteiger partial charge in [-0.15, -0.1) is 0 Å². The molecule has 4 nitrogen and oxygen atoms in total. The molecule has 1 aliphatic rings. The number of rotatable bonds is 2. The number of piperazine rings is 1. The lowest BCUT2D eigenvalue weighted by Gasteiger charge is -2.41. The fraction of sp³-hybridized carbons (Fsp3) is 0.375. The molecule has 1 aliphatic heterocycles. The second-order valence-electron chi connectivity index (χ2n) is 8.02. The van der Waals surface area contributed by atoms with E-state index in [9.17, 15) is 9.90 Å². The van der Waals surface area contributed by atoms with Crippen LogP contribution < -0.4 is 4.90 Å². The van der Waals surface area contributed by atoms with E-state index in [4.69, 9.17) is 0 Å². The Morgan fingerprint density at radius 3 is 2.29 bits per heavy atom. The van der Waals surface area contributed by atoms with Crippen LogP contribution >= 0.6 is 0 Å². The minimum atomic E-state index is -1.03. The second-order valence-corrected chi connectivity index (χ2v) is 8.02. The monoisotopic (exact) mass is 376 g/mol. The highest BCUT2D eigenvalue weighted by Crippen LogP contribution is 2.21. The van der Waals surface area contributed by atoms with E-state index in [-0.39, 0.29) is 11.9 Å². The van der Waals surface area contributed by atoms with Gasteiger partial charge < -0.3 is 14.9 Å². The summed E-state index contributed by atoms with van der Waals surface area (Å²) in [7, 11) is 0. The van der Waals surface area contributed by atoms with Gasteiger partial charge in [-0.05, 0) is 64.1 Å². The zero-order valence-electron chi connectivity index (χ0n) is 17.1. The summed E-state index contributed by atoms with van der Waals surface area (Å²) in [5.74, 6) is 5.77. The number of nitrogens with zero attached hydrogens (tertiary/aromatic N) is 2. The lowest BCUT2D eigenvalue weighted by Crippen LogP contribution is -2.54. The van der Waals surface area contributed by atoms with Crippen molar-refractivity contribution >= 4 is 11.6 Å². The summed E-state index contributed by atoms with van der Waals surface area (Å²) < 4.78 is 0. The molecule has 4 heteroatoms. The molecule has 146 valence electrons. The lowest BCUT2D eigenvalue weighted by molar-refractivity contribution is 0.0674. The Balaban J connectivity index is 1.66. The van der Waals surface area contributed by atoms with Gasteiger partial charge in [0.05, 0.1) is 0 Å². The van der Waals surface area contributed by atoms with Crippen LogP contribution in [-0.4, -0.2) is 47.2 Å². The molecule has 2 aromatic rings. The molecule has 1 N–H and O–H groups in total. The molecular formula is C24H28N2O2. The maximum Gasteiger partial charge on any atom is 0.254 e. The van der Waals surface area contributed by atoms with Gasteiger partial charge in [0.2, 0.25) is 0 Å². The topological polar surface area (TPSA) is 43.8 Å². The van der Waals surface area contributed by atoms with Crippen molar-refractivity contribution in [1.82, 2.24) is 4.90 Å². The fourth-order valence-electron chi connectivity index (χ4n) is 3.34. The number of carbonyl (C=O) groups excluding carboxylic acids is 1. The van der Waals surface area contributed by atoms with Gasteiger partial charge in [-0.2, -0.15) is 0 Å². The third-order valence-corrected chi connectivity index (χ3v) is 4.93. The van der Waals surface area contributed by atoms with Crippen molar-refractivity contribution < 1.29 is 9.90 Å². The normalized spacial score (nSPS) is 17.1. The minimum Gasteiger partial charge on any atom is -0.378 e. The number of amides is 1. The molecule has 1 saturated heterocycles. The van der Waals surface area contributed by atoms with E-state index in [0.717, 1.165) is 18.7 Å². The van der Waals surface area contributed by atoms with Crippen LogP contribution in [0.15, 0.2) is 48.5 Å². The Labute approximate surface area is 167 Å². The smallest absolute Gasteiger partial charge is 0.254 e. The van der Waals surface area contributed by atoms with Gasteiger partial charge >= 0.3 is 0 Å². The molecule has 1 amide bonds. The third-order valence-electron chi connectivity index (χ3n) is 4.93.